The van der Waals surface area contributed by atoms with E-state index >= 15 is 0 Å². The lowest BCUT2D eigenvalue weighted by Crippen LogP contribution is -2.02. The van der Waals surface area contributed by atoms with E-state index in [1.807, 2.05) is 29.0 Å². The van der Waals surface area contributed by atoms with Gasteiger partial charge in [-0.25, -0.2) is 0 Å². The summed E-state index contributed by atoms with van der Waals surface area (Å²) in [7, 11) is 0. The largest absolute Gasteiger partial charge is 0.493 e. The minimum absolute atomic E-state index is 0.610. The molecule has 2 aromatic rings. The fourth-order valence-electron chi connectivity index (χ4n) is 2.30. The molecule has 3 rings (SSSR count). The van der Waals surface area contributed by atoms with Gasteiger partial charge >= 0.3 is 0 Å². The van der Waals surface area contributed by atoms with Gasteiger partial charge < -0.3 is 9.30 Å². The summed E-state index contributed by atoms with van der Waals surface area (Å²) in [6, 6.07) is 9.69. The molecule has 2 heterocycles. The van der Waals surface area contributed by atoms with Crippen molar-refractivity contribution in [2.75, 3.05) is 6.61 Å². The van der Waals surface area contributed by atoms with Gasteiger partial charge in [0.1, 0.15) is 17.5 Å². The summed E-state index contributed by atoms with van der Waals surface area (Å²) >= 11 is 6.11. The Balaban J connectivity index is 2.01. The number of hydrogen-bond acceptors (Lipinski definition) is 2. The third-order valence-electron chi connectivity index (χ3n) is 3.11. The van der Waals surface area contributed by atoms with Gasteiger partial charge in [-0.2, -0.15) is 5.26 Å². The van der Waals surface area contributed by atoms with Crippen molar-refractivity contribution in [3.05, 3.63) is 52.3 Å². The number of fused-ring (bicyclic) bond motifs is 1. The zero-order valence-corrected chi connectivity index (χ0v) is 10.4. The van der Waals surface area contributed by atoms with E-state index in [4.69, 9.17) is 21.6 Å². The van der Waals surface area contributed by atoms with Crippen molar-refractivity contribution in [2.45, 2.75) is 13.0 Å². The van der Waals surface area contributed by atoms with Crippen LogP contribution in [-0.4, -0.2) is 11.2 Å². The Morgan fingerprint density at radius 2 is 2.33 bits per heavy atom. The van der Waals surface area contributed by atoms with Gasteiger partial charge in [-0.1, -0.05) is 11.6 Å². The standard InChI is InChI=1S/C14H11ClN2O/c15-12-6-10-3-5-18-14(10)11(7-12)9-17-4-1-2-13(17)8-16/h1-2,4,6-7H,3,5,9H2. The molecule has 0 amide bonds. The van der Waals surface area contributed by atoms with Crippen molar-refractivity contribution in [2.24, 2.45) is 0 Å². The molecule has 90 valence electrons. The highest BCUT2D eigenvalue weighted by Crippen LogP contribution is 2.33. The van der Waals surface area contributed by atoms with Gasteiger partial charge in [-0.05, 0) is 29.8 Å². The molecule has 0 saturated carbocycles. The highest BCUT2D eigenvalue weighted by atomic mass is 35.5. The molecule has 18 heavy (non-hydrogen) atoms. The Bertz CT molecular complexity index is 640. The number of benzene rings is 1. The average Bonchev–Trinajstić information content (AvgIpc) is 2.96. The van der Waals surface area contributed by atoms with Gasteiger partial charge in [0, 0.05) is 23.2 Å². The van der Waals surface area contributed by atoms with Crippen molar-refractivity contribution < 1.29 is 4.74 Å². The normalized spacial score (nSPS) is 12.9. The second-order valence-corrected chi connectivity index (χ2v) is 4.72. The van der Waals surface area contributed by atoms with E-state index in [1.165, 1.54) is 0 Å². The van der Waals surface area contributed by atoms with Crippen molar-refractivity contribution in [3.8, 4) is 11.8 Å². The first kappa shape index (κ1) is 11.2. The second kappa shape index (κ2) is 4.40. The van der Waals surface area contributed by atoms with Crippen molar-refractivity contribution in [3.63, 3.8) is 0 Å². The maximum absolute atomic E-state index is 9.01. The van der Waals surface area contributed by atoms with E-state index in [0.717, 1.165) is 28.3 Å². The second-order valence-electron chi connectivity index (χ2n) is 4.28. The molecule has 0 aliphatic carbocycles. The van der Waals surface area contributed by atoms with Crippen molar-refractivity contribution >= 4 is 11.6 Å². The van der Waals surface area contributed by atoms with E-state index in [2.05, 4.69) is 6.07 Å². The average molecular weight is 259 g/mol. The third-order valence-corrected chi connectivity index (χ3v) is 3.33. The van der Waals surface area contributed by atoms with Crippen LogP contribution in [0.15, 0.2) is 30.5 Å². The Labute approximate surface area is 110 Å². The molecule has 0 unspecified atom stereocenters. The fourth-order valence-corrected chi connectivity index (χ4v) is 2.56. The Kier molecular flexibility index (Phi) is 2.73. The Hall–Kier alpha value is -1.92. The predicted molar refractivity (Wildman–Crippen MR) is 68.9 cm³/mol. The van der Waals surface area contributed by atoms with Crippen LogP contribution in [0.4, 0.5) is 0 Å². The van der Waals surface area contributed by atoms with Crippen LogP contribution in [-0.2, 0) is 13.0 Å². The van der Waals surface area contributed by atoms with Gasteiger partial charge in [0.2, 0.25) is 0 Å². The molecule has 3 nitrogen and oxygen atoms in total. The van der Waals surface area contributed by atoms with Gasteiger partial charge in [0.25, 0.3) is 0 Å². The van der Waals surface area contributed by atoms with Crippen molar-refractivity contribution in [1.29, 1.82) is 5.26 Å². The summed E-state index contributed by atoms with van der Waals surface area (Å²) in [6.07, 6.45) is 2.79. The smallest absolute Gasteiger partial charge is 0.127 e. The molecule has 1 aromatic carbocycles. The molecular formula is C14H11ClN2O. The summed E-state index contributed by atoms with van der Waals surface area (Å²) in [5.74, 6) is 0.928. The van der Waals surface area contributed by atoms with Gasteiger partial charge in [-0.3, -0.25) is 0 Å². The fraction of sp³-hybridized carbons (Fsp3) is 0.214. The van der Waals surface area contributed by atoms with Crippen LogP contribution in [0, 0.1) is 11.3 Å². The third kappa shape index (κ3) is 1.85. The SMILES string of the molecule is N#Cc1cccn1Cc1cc(Cl)cc2c1OCC2. The van der Waals surface area contributed by atoms with Crippen LogP contribution in [0.5, 0.6) is 5.75 Å². The van der Waals surface area contributed by atoms with E-state index in [1.54, 1.807) is 6.07 Å². The van der Waals surface area contributed by atoms with Crippen LogP contribution in [0.1, 0.15) is 16.8 Å². The van der Waals surface area contributed by atoms with Crippen LogP contribution in [0.3, 0.4) is 0 Å². The summed E-state index contributed by atoms with van der Waals surface area (Å²) in [4.78, 5) is 0. The van der Waals surface area contributed by atoms with E-state index < -0.39 is 0 Å². The Morgan fingerprint density at radius 1 is 1.44 bits per heavy atom. The number of nitrogens with zero attached hydrogens (tertiary/aromatic N) is 2. The molecule has 0 radical (unpaired) electrons. The topological polar surface area (TPSA) is 38.0 Å². The first-order valence-corrected chi connectivity index (χ1v) is 6.15. The Morgan fingerprint density at radius 3 is 3.17 bits per heavy atom. The molecule has 0 fully saturated rings. The van der Waals surface area contributed by atoms with Gasteiger partial charge in [0.05, 0.1) is 13.2 Å². The first-order chi connectivity index (χ1) is 8.78. The lowest BCUT2D eigenvalue weighted by molar-refractivity contribution is 0.352. The molecule has 0 spiro atoms. The molecule has 1 aromatic heterocycles. The molecule has 0 bridgehead atoms. The molecular weight excluding hydrogens is 248 g/mol. The lowest BCUT2D eigenvalue weighted by Gasteiger charge is -2.10. The van der Waals surface area contributed by atoms with E-state index in [0.29, 0.717) is 18.8 Å². The number of rotatable bonds is 2. The summed E-state index contributed by atoms with van der Waals surface area (Å²) in [6.45, 7) is 1.32. The number of aromatic nitrogens is 1. The summed E-state index contributed by atoms with van der Waals surface area (Å²) < 4.78 is 7.55. The molecule has 0 atom stereocenters. The number of nitriles is 1. The predicted octanol–water partition coefficient (Wildman–Crippen LogP) is 3.00. The van der Waals surface area contributed by atoms with E-state index in [-0.39, 0.29) is 0 Å². The highest BCUT2D eigenvalue weighted by Gasteiger charge is 2.18. The van der Waals surface area contributed by atoms with Crippen molar-refractivity contribution in [1.82, 2.24) is 4.57 Å². The van der Waals surface area contributed by atoms with Gasteiger partial charge in [-0.15, -0.1) is 0 Å². The minimum atomic E-state index is 0.610. The first-order valence-electron chi connectivity index (χ1n) is 5.77. The monoisotopic (exact) mass is 258 g/mol. The van der Waals surface area contributed by atoms with Crippen LogP contribution in [0.25, 0.3) is 0 Å². The maximum Gasteiger partial charge on any atom is 0.127 e. The molecule has 4 heteroatoms. The number of halogens is 1. The van der Waals surface area contributed by atoms with Gasteiger partial charge in [0.15, 0.2) is 0 Å². The molecule has 0 N–H and O–H groups in total. The zero-order chi connectivity index (χ0) is 12.5. The minimum Gasteiger partial charge on any atom is -0.493 e. The van der Waals surface area contributed by atoms with E-state index in [9.17, 15) is 0 Å². The van der Waals surface area contributed by atoms with Crippen LogP contribution < -0.4 is 4.74 Å². The maximum atomic E-state index is 9.01. The zero-order valence-electron chi connectivity index (χ0n) is 9.69. The summed E-state index contributed by atoms with van der Waals surface area (Å²) in [5, 5.41) is 9.73. The van der Waals surface area contributed by atoms with Crippen LogP contribution in [0.2, 0.25) is 5.02 Å². The quantitative estimate of drug-likeness (QED) is 0.831. The number of hydrogen-bond donors (Lipinski definition) is 0. The molecule has 0 saturated heterocycles. The highest BCUT2D eigenvalue weighted by molar-refractivity contribution is 6.30. The summed E-state index contributed by atoms with van der Waals surface area (Å²) in [5.41, 5.74) is 2.83. The number of ether oxygens (including phenoxy) is 1. The van der Waals surface area contributed by atoms with Crippen LogP contribution >= 0.6 is 11.6 Å². The molecule has 1 aliphatic rings. The lowest BCUT2D eigenvalue weighted by atomic mass is 10.1. The molecule has 1 aliphatic heterocycles.